The first-order valence-electron chi connectivity index (χ1n) is 8.06. The molecule has 2 heterocycles. The Bertz CT molecular complexity index is 691. The molecule has 2 aliphatic heterocycles. The summed E-state index contributed by atoms with van der Waals surface area (Å²) < 4.78 is 5.87. The molecule has 0 aliphatic carbocycles. The van der Waals surface area contributed by atoms with Gasteiger partial charge < -0.3 is 4.74 Å². The van der Waals surface area contributed by atoms with Gasteiger partial charge in [-0.25, -0.2) is 0 Å². The van der Waals surface area contributed by atoms with Crippen LogP contribution in [0.5, 0.6) is 0 Å². The van der Waals surface area contributed by atoms with E-state index in [2.05, 4.69) is 15.9 Å². The average molecular weight is 395 g/mol. The van der Waals surface area contributed by atoms with E-state index in [1.54, 1.807) is 19.1 Å². The number of nitrogens with zero attached hydrogens (tertiary/aromatic N) is 2. The Balaban J connectivity index is 1.73. The van der Waals surface area contributed by atoms with E-state index in [4.69, 9.17) is 4.74 Å². The van der Waals surface area contributed by atoms with Crippen LogP contribution in [-0.2, 0) is 14.3 Å². The van der Waals surface area contributed by atoms with Gasteiger partial charge in [0.15, 0.2) is 0 Å². The number of hydrogen-bond acceptors (Lipinski definition) is 5. The van der Waals surface area contributed by atoms with Gasteiger partial charge in [-0.05, 0) is 44.5 Å². The highest BCUT2D eigenvalue weighted by Crippen LogP contribution is 2.32. The van der Waals surface area contributed by atoms with Crippen molar-refractivity contribution in [3.05, 3.63) is 28.2 Å². The topological polar surface area (TPSA) is 66.9 Å². The van der Waals surface area contributed by atoms with Crippen molar-refractivity contribution in [3.8, 4) is 0 Å². The Morgan fingerprint density at radius 2 is 2.17 bits per heavy atom. The Kier molecular flexibility index (Phi) is 5.01. The molecule has 0 spiro atoms. The maximum absolute atomic E-state index is 12.3. The summed E-state index contributed by atoms with van der Waals surface area (Å²) in [6.45, 7) is 3.82. The summed E-state index contributed by atoms with van der Waals surface area (Å²) in [5.41, 5.74) is 1.06. The molecular weight excluding hydrogens is 376 g/mol. The van der Waals surface area contributed by atoms with Gasteiger partial charge in [-0.1, -0.05) is 15.9 Å². The molecule has 2 aliphatic rings. The summed E-state index contributed by atoms with van der Waals surface area (Å²) in [4.78, 5) is 39.9. The van der Waals surface area contributed by atoms with Crippen LogP contribution in [0.4, 0.5) is 5.69 Å². The minimum atomic E-state index is -0.513. The third kappa shape index (κ3) is 3.23. The molecule has 1 aromatic carbocycles. The van der Waals surface area contributed by atoms with Crippen LogP contribution in [0, 0.1) is 5.92 Å². The van der Waals surface area contributed by atoms with E-state index < -0.39 is 11.7 Å². The number of rotatable bonds is 4. The Morgan fingerprint density at radius 1 is 1.38 bits per heavy atom. The van der Waals surface area contributed by atoms with Crippen molar-refractivity contribution in [2.45, 2.75) is 19.8 Å². The molecule has 0 radical (unpaired) electrons. The van der Waals surface area contributed by atoms with E-state index in [9.17, 15) is 14.4 Å². The van der Waals surface area contributed by atoms with Crippen molar-refractivity contribution in [2.75, 3.05) is 31.3 Å². The molecule has 1 saturated heterocycles. The van der Waals surface area contributed by atoms with Crippen LogP contribution in [0.1, 0.15) is 30.1 Å². The quantitative estimate of drug-likeness (QED) is 0.578. The zero-order chi connectivity index (χ0) is 17.3. The average Bonchev–Trinajstić information content (AvgIpc) is 2.80. The number of halogens is 1. The molecule has 0 saturated carbocycles. The predicted molar refractivity (Wildman–Crippen MR) is 91.8 cm³/mol. The summed E-state index contributed by atoms with van der Waals surface area (Å²) in [5.74, 6) is -1.35. The molecule has 1 amide bonds. The lowest BCUT2D eigenvalue weighted by Crippen LogP contribution is -2.46. The van der Waals surface area contributed by atoms with Crippen molar-refractivity contribution >= 4 is 39.3 Å². The number of ketones is 1. The first-order chi connectivity index (χ1) is 11.5. The maximum Gasteiger partial charge on any atom is 0.310 e. The smallest absolute Gasteiger partial charge is 0.310 e. The lowest BCUT2D eigenvalue weighted by Gasteiger charge is -2.34. The minimum absolute atomic E-state index is 0.170. The first-order valence-corrected chi connectivity index (χ1v) is 8.85. The Hall–Kier alpha value is -1.73. The number of anilines is 1. The van der Waals surface area contributed by atoms with Gasteiger partial charge in [-0.15, -0.1) is 0 Å². The maximum atomic E-state index is 12.3. The molecule has 0 N–H and O–H groups in total. The van der Waals surface area contributed by atoms with Gasteiger partial charge in [0.2, 0.25) is 0 Å². The number of amides is 1. The zero-order valence-electron chi connectivity index (χ0n) is 13.5. The highest BCUT2D eigenvalue weighted by Gasteiger charge is 2.37. The largest absolute Gasteiger partial charge is 0.466 e. The highest BCUT2D eigenvalue weighted by atomic mass is 79.9. The normalized spacial score (nSPS) is 21.1. The summed E-state index contributed by atoms with van der Waals surface area (Å²) in [6, 6.07) is 5.26. The van der Waals surface area contributed by atoms with Gasteiger partial charge >= 0.3 is 11.9 Å². The number of benzene rings is 1. The number of piperidine rings is 1. The number of likely N-dealkylation sites (tertiary alicyclic amines) is 1. The number of hydrogen-bond donors (Lipinski definition) is 0. The zero-order valence-corrected chi connectivity index (χ0v) is 15.0. The number of carbonyl (C=O) groups is 3. The molecule has 1 fully saturated rings. The van der Waals surface area contributed by atoms with Crippen molar-refractivity contribution in [2.24, 2.45) is 5.92 Å². The van der Waals surface area contributed by atoms with Gasteiger partial charge in [-0.3, -0.25) is 24.2 Å². The number of esters is 1. The molecule has 7 heteroatoms. The van der Waals surface area contributed by atoms with Crippen LogP contribution in [0.15, 0.2) is 22.7 Å². The second-order valence-corrected chi connectivity index (χ2v) is 6.95. The van der Waals surface area contributed by atoms with Crippen LogP contribution >= 0.6 is 15.9 Å². The summed E-state index contributed by atoms with van der Waals surface area (Å²) >= 11 is 3.33. The fourth-order valence-electron chi connectivity index (χ4n) is 3.25. The molecule has 3 rings (SSSR count). The summed E-state index contributed by atoms with van der Waals surface area (Å²) in [5, 5.41) is 0. The van der Waals surface area contributed by atoms with Crippen LogP contribution in [0.3, 0.4) is 0 Å². The van der Waals surface area contributed by atoms with Crippen LogP contribution < -0.4 is 4.90 Å². The second-order valence-electron chi connectivity index (χ2n) is 6.03. The minimum Gasteiger partial charge on any atom is -0.466 e. The van der Waals surface area contributed by atoms with Gasteiger partial charge in [0.05, 0.1) is 30.4 Å². The van der Waals surface area contributed by atoms with E-state index in [1.807, 2.05) is 11.0 Å². The summed E-state index contributed by atoms with van der Waals surface area (Å²) in [7, 11) is 0. The summed E-state index contributed by atoms with van der Waals surface area (Å²) in [6.07, 6.45) is 1.67. The number of fused-ring (bicyclic) bond motifs is 1. The van der Waals surface area contributed by atoms with Gasteiger partial charge in [0.1, 0.15) is 0 Å². The van der Waals surface area contributed by atoms with Crippen LogP contribution in [0.25, 0.3) is 0 Å². The van der Waals surface area contributed by atoms with Crippen LogP contribution in [-0.4, -0.2) is 48.9 Å². The van der Waals surface area contributed by atoms with Gasteiger partial charge in [0, 0.05) is 11.0 Å². The van der Waals surface area contributed by atoms with Crippen molar-refractivity contribution in [1.29, 1.82) is 0 Å². The third-order valence-corrected chi connectivity index (χ3v) is 4.89. The van der Waals surface area contributed by atoms with Gasteiger partial charge in [-0.2, -0.15) is 0 Å². The molecule has 0 bridgehead atoms. The van der Waals surface area contributed by atoms with Crippen LogP contribution in [0.2, 0.25) is 0 Å². The standard InChI is InChI=1S/C17H19BrN2O4/c1-2-24-17(23)11-4-3-7-19(9-11)10-20-14-6-5-12(18)8-13(14)15(21)16(20)22/h5-6,8,11H,2-4,7,9-10H2,1H3/t11-/m1/s1. The van der Waals surface area contributed by atoms with Crippen molar-refractivity contribution in [3.63, 3.8) is 0 Å². The second kappa shape index (κ2) is 7.03. The molecular formula is C17H19BrN2O4. The van der Waals surface area contributed by atoms with E-state index in [0.717, 1.165) is 23.9 Å². The molecule has 24 heavy (non-hydrogen) atoms. The molecule has 1 aromatic rings. The van der Waals surface area contributed by atoms with E-state index >= 15 is 0 Å². The molecule has 1 atom stereocenters. The van der Waals surface area contributed by atoms with E-state index in [-0.39, 0.29) is 11.9 Å². The predicted octanol–water partition coefficient (Wildman–Crippen LogP) is 2.21. The SMILES string of the molecule is CCOC(=O)[C@@H]1CCCN(CN2C(=O)C(=O)c3cc(Br)ccc32)C1. The molecule has 0 unspecified atom stereocenters. The Morgan fingerprint density at radius 3 is 2.92 bits per heavy atom. The highest BCUT2D eigenvalue weighted by molar-refractivity contribution is 9.10. The van der Waals surface area contributed by atoms with E-state index in [1.165, 1.54) is 4.90 Å². The lowest BCUT2D eigenvalue weighted by molar-refractivity contribution is -0.149. The lowest BCUT2D eigenvalue weighted by atomic mass is 9.98. The Labute approximate surface area is 148 Å². The van der Waals surface area contributed by atoms with Crippen molar-refractivity contribution < 1.29 is 19.1 Å². The number of ether oxygens (including phenoxy) is 1. The third-order valence-electron chi connectivity index (χ3n) is 4.40. The molecule has 128 valence electrons. The van der Waals surface area contributed by atoms with E-state index in [0.29, 0.717) is 31.1 Å². The first kappa shape index (κ1) is 17.1. The number of carbonyl (C=O) groups excluding carboxylic acids is 3. The number of Topliss-reactive ketones (excluding diaryl/α,β-unsaturated/α-hetero) is 1. The fourth-order valence-corrected chi connectivity index (χ4v) is 3.61. The molecule has 0 aromatic heterocycles. The monoisotopic (exact) mass is 394 g/mol. The molecule has 6 nitrogen and oxygen atoms in total. The van der Waals surface area contributed by atoms with Crippen molar-refractivity contribution in [1.82, 2.24) is 4.90 Å². The van der Waals surface area contributed by atoms with Gasteiger partial charge in [0.25, 0.3) is 5.78 Å². The fraction of sp³-hybridized carbons (Fsp3) is 0.471.